The number of thiophene rings is 1. The Morgan fingerprint density at radius 3 is 2.70 bits per heavy atom. The first-order valence-electron chi connectivity index (χ1n) is 6.35. The van der Waals surface area contributed by atoms with Crippen LogP contribution < -0.4 is 10.6 Å². The zero-order chi connectivity index (χ0) is 17.0. The van der Waals surface area contributed by atoms with Crippen LogP contribution in [0.25, 0.3) is 0 Å². The zero-order valence-corrected chi connectivity index (χ0v) is 12.6. The first kappa shape index (κ1) is 16.9. The number of nitrogens with one attached hydrogen (secondary N) is 3. The molecule has 0 aliphatic rings. The van der Waals surface area contributed by atoms with Crippen LogP contribution in [0.2, 0.25) is 0 Å². The van der Waals surface area contributed by atoms with Crippen molar-refractivity contribution in [3.05, 3.63) is 28.2 Å². The molecule has 0 saturated heterocycles. The molecule has 0 aliphatic carbocycles. The van der Waals surface area contributed by atoms with Gasteiger partial charge in [-0.15, -0.1) is 16.4 Å². The minimum absolute atomic E-state index is 0.157. The van der Waals surface area contributed by atoms with E-state index in [1.807, 2.05) is 0 Å². The highest BCUT2D eigenvalue weighted by molar-refractivity contribution is 7.10. The smallest absolute Gasteiger partial charge is 0.348 e. The lowest BCUT2D eigenvalue weighted by atomic mass is 10.1. The Morgan fingerprint density at radius 1 is 1.43 bits per heavy atom. The maximum Gasteiger partial charge on any atom is 0.451 e. The normalized spacial score (nSPS) is 12.7. The number of aromatic nitrogens is 3. The Hall–Kier alpha value is -2.43. The van der Waals surface area contributed by atoms with Gasteiger partial charge >= 0.3 is 6.18 Å². The third-order valence-electron chi connectivity index (χ3n) is 2.66. The van der Waals surface area contributed by atoms with E-state index >= 15 is 0 Å². The van der Waals surface area contributed by atoms with Crippen molar-refractivity contribution in [2.24, 2.45) is 0 Å². The number of nitrogens with zero attached hydrogens (tertiary/aromatic N) is 2. The molecule has 1 atom stereocenters. The topological polar surface area (TPSA) is 99.8 Å². The Kier molecular flexibility index (Phi) is 4.98. The largest absolute Gasteiger partial charge is 0.451 e. The summed E-state index contributed by atoms with van der Waals surface area (Å²) in [6, 6.07) is 2.93. The van der Waals surface area contributed by atoms with Gasteiger partial charge in [0.2, 0.25) is 23.6 Å². The van der Waals surface area contributed by atoms with Crippen LogP contribution in [0.15, 0.2) is 17.5 Å². The minimum Gasteiger partial charge on any atom is -0.348 e. The van der Waals surface area contributed by atoms with Gasteiger partial charge in [-0.3, -0.25) is 20.0 Å². The molecule has 3 N–H and O–H groups in total. The van der Waals surface area contributed by atoms with Crippen molar-refractivity contribution in [3.63, 3.8) is 0 Å². The second kappa shape index (κ2) is 6.77. The molecule has 2 heterocycles. The number of H-pyrrole nitrogens is 1. The van der Waals surface area contributed by atoms with Crippen molar-refractivity contribution in [1.29, 1.82) is 0 Å². The summed E-state index contributed by atoms with van der Waals surface area (Å²) in [7, 11) is 0. The van der Waals surface area contributed by atoms with Crippen molar-refractivity contribution < 1.29 is 22.8 Å². The van der Waals surface area contributed by atoms with Gasteiger partial charge in [-0.25, -0.2) is 0 Å². The van der Waals surface area contributed by atoms with Crippen LogP contribution in [-0.2, 0) is 15.8 Å². The average molecular weight is 347 g/mol. The fourth-order valence-corrected chi connectivity index (χ4v) is 2.54. The monoisotopic (exact) mass is 347 g/mol. The summed E-state index contributed by atoms with van der Waals surface area (Å²) < 4.78 is 37.2. The number of aromatic amines is 1. The van der Waals surface area contributed by atoms with Gasteiger partial charge in [0, 0.05) is 11.8 Å². The fourth-order valence-electron chi connectivity index (χ4n) is 1.76. The third-order valence-corrected chi connectivity index (χ3v) is 3.64. The van der Waals surface area contributed by atoms with Crippen LogP contribution in [0.5, 0.6) is 0 Å². The predicted octanol–water partition coefficient (Wildman–Crippen LogP) is 2.09. The molecule has 2 aromatic rings. The number of halogens is 3. The van der Waals surface area contributed by atoms with E-state index in [1.54, 1.807) is 22.6 Å². The van der Waals surface area contributed by atoms with E-state index in [-0.39, 0.29) is 12.3 Å². The molecule has 0 aliphatic heterocycles. The molecule has 0 spiro atoms. The SMILES string of the molecule is CC(=O)N[C@@H](CC(=O)Nc1n[nH]c(C(F)(F)F)n1)c1cccs1. The van der Waals surface area contributed by atoms with Crippen LogP contribution in [0.3, 0.4) is 0 Å². The van der Waals surface area contributed by atoms with Gasteiger partial charge in [0.15, 0.2) is 0 Å². The molecular weight excluding hydrogens is 335 g/mol. The maximum absolute atomic E-state index is 12.4. The zero-order valence-electron chi connectivity index (χ0n) is 11.8. The van der Waals surface area contributed by atoms with E-state index in [4.69, 9.17) is 0 Å². The van der Waals surface area contributed by atoms with Gasteiger partial charge in [-0.05, 0) is 11.4 Å². The first-order valence-corrected chi connectivity index (χ1v) is 7.23. The molecular formula is C12H12F3N5O2S. The summed E-state index contributed by atoms with van der Waals surface area (Å²) in [6.07, 6.45) is -4.83. The molecule has 0 saturated carbocycles. The van der Waals surface area contributed by atoms with Gasteiger partial charge < -0.3 is 5.32 Å². The van der Waals surface area contributed by atoms with Crippen molar-refractivity contribution in [3.8, 4) is 0 Å². The van der Waals surface area contributed by atoms with E-state index < -0.39 is 29.9 Å². The predicted molar refractivity (Wildman–Crippen MR) is 75.5 cm³/mol. The summed E-state index contributed by atoms with van der Waals surface area (Å²) in [4.78, 5) is 27.0. The summed E-state index contributed by atoms with van der Waals surface area (Å²) in [5.74, 6) is -2.72. The highest BCUT2D eigenvalue weighted by atomic mass is 32.1. The van der Waals surface area contributed by atoms with Crippen LogP contribution in [0, 0.1) is 0 Å². The fraction of sp³-hybridized carbons (Fsp3) is 0.333. The first-order chi connectivity index (χ1) is 10.8. The van der Waals surface area contributed by atoms with E-state index in [0.717, 1.165) is 4.88 Å². The van der Waals surface area contributed by atoms with Gasteiger partial charge in [0.25, 0.3) is 0 Å². The summed E-state index contributed by atoms with van der Waals surface area (Å²) in [6.45, 7) is 1.31. The summed E-state index contributed by atoms with van der Waals surface area (Å²) >= 11 is 1.35. The lowest BCUT2D eigenvalue weighted by molar-refractivity contribution is -0.144. The molecule has 11 heteroatoms. The minimum atomic E-state index is -4.67. The summed E-state index contributed by atoms with van der Waals surface area (Å²) in [5, 5.41) is 11.5. The molecule has 0 radical (unpaired) electrons. The van der Waals surface area contributed by atoms with Crippen LogP contribution in [0.1, 0.15) is 30.1 Å². The number of anilines is 1. The quantitative estimate of drug-likeness (QED) is 0.771. The van der Waals surface area contributed by atoms with E-state index in [0.29, 0.717) is 0 Å². The molecule has 124 valence electrons. The van der Waals surface area contributed by atoms with E-state index in [9.17, 15) is 22.8 Å². The number of alkyl halides is 3. The van der Waals surface area contributed by atoms with E-state index in [1.165, 1.54) is 18.3 Å². The summed E-state index contributed by atoms with van der Waals surface area (Å²) in [5.41, 5.74) is 0. The highest BCUT2D eigenvalue weighted by Gasteiger charge is 2.35. The molecule has 2 aromatic heterocycles. The highest BCUT2D eigenvalue weighted by Crippen LogP contribution is 2.26. The number of amides is 2. The number of carbonyl (C=O) groups excluding carboxylic acids is 2. The van der Waals surface area contributed by atoms with Crippen LogP contribution in [-0.4, -0.2) is 27.0 Å². The molecule has 0 bridgehead atoms. The standard InChI is InChI=1S/C12H12F3N5O2S/c1-6(21)16-7(8-3-2-4-23-8)5-9(22)17-11-18-10(19-20-11)12(13,14)15/h2-4,7H,5H2,1H3,(H,16,21)(H2,17,18,19,20,22)/t7-/m0/s1. The Balaban J connectivity index is 2.02. The van der Waals surface area contributed by atoms with E-state index in [2.05, 4.69) is 20.7 Å². The van der Waals surface area contributed by atoms with Crippen molar-refractivity contribution >= 4 is 29.1 Å². The Morgan fingerprint density at radius 2 is 2.17 bits per heavy atom. The second-order valence-electron chi connectivity index (χ2n) is 4.53. The van der Waals surface area contributed by atoms with Gasteiger partial charge in [-0.2, -0.15) is 18.2 Å². The van der Waals surface area contributed by atoms with Crippen LogP contribution in [0.4, 0.5) is 19.1 Å². The van der Waals surface area contributed by atoms with Gasteiger partial charge in [0.05, 0.1) is 12.5 Å². The molecule has 0 aromatic carbocycles. The molecule has 0 unspecified atom stereocenters. The Bertz CT molecular complexity index is 683. The third kappa shape index (κ3) is 4.77. The molecule has 23 heavy (non-hydrogen) atoms. The number of carbonyl (C=O) groups is 2. The van der Waals surface area contributed by atoms with Crippen molar-refractivity contribution in [2.45, 2.75) is 25.6 Å². The molecule has 7 nitrogen and oxygen atoms in total. The Labute approximate surface area is 132 Å². The lowest BCUT2D eigenvalue weighted by Gasteiger charge is -2.15. The van der Waals surface area contributed by atoms with Crippen LogP contribution >= 0.6 is 11.3 Å². The average Bonchev–Trinajstić information content (AvgIpc) is 3.07. The molecule has 0 fully saturated rings. The molecule has 2 rings (SSSR count). The number of hydrogen-bond acceptors (Lipinski definition) is 5. The lowest BCUT2D eigenvalue weighted by Crippen LogP contribution is -2.29. The van der Waals surface area contributed by atoms with Crippen molar-refractivity contribution in [1.82, 2.24) is 20.5 Å². The molecule has 2 amide bonds. The number of rotatable bonds is 5. The van der Waals surface area contributed by atoms with Gasteiger partial charge in [-0.1, -0.05) is 6.07 Å². The number of hydrogen-bond donors (Lipinski definition) is 3. The maximum atomic E-state index is 12.4. The second-order valence-corrected chi connectivity index (χ2v) is 5.51. The van der Waals surface area contributed by atoms with Crippen molar-refractivity contribution in [2.75, 3.05) is 5.32 Å². The van der Waals surface area contributed by atoms with Gasteiger partial charge in [0.1, 0.15) is 0 Å².